The molecule has 0 saturated heterocycles. The van der Waals surface area contributed by atoms with Gasteiger partial charge in [0.25, 0.3) is 0 Å². The summed E-state index contributed by atoms with van der Waals surface area (Å²) < 4.78 is 26.3. The molecule has 1 aromatic carbocycles. The van der Waals surface area contributed by atoms with Crippen molar-refractivity contribution in [3.63, 3.8) is 0 Å². The SMILES string of the molecule is C/C(=C\c1c(F)cc(Cl)cc1F)C(=O)O. The van der Waals surface area contributed by atoms with Crippen molar-refractivity contribution in [2.75, 3.05) is 0 Å². The fraction of sp³-hybridized carbons (Fsp3) is 0.100. The van der Waals surface area contributed by atoms with Gasteiger partial charge in [-0.3, -0.25) is 0 Å². The number of hydrogen-bond acceptors (Lipinski definition) is 1. The van der Waals surface area contributed by atoms with Crippen LogP contribution >= 0.6 is 11.6 Å². The molecule has 1 N–H and O–H groups in total. The molecule has 0 aliphatic rings. The first-order valence-electron chi connectivity index (χ1n) is 3.98. The Kier molecular flexibility index (Phi) is 3.42. The van der Waals surface area contributed by atoms with Crippen LogP contribution in [0, 0.1) is 11.6 Å². The van der Waals surface area contributed by atoms with Crippen molar-refractivity contribution < 1.29 is 18.7 Å². The van der Waals surface area contributed by atoms with Gasteiger partial charge in [0.05, 0.1) is 0 Å². The van der Waals surface area contributed by atoms with Crippen LogP contribution < -0.4 is 0 Å². The Morgan fingerprint density at radius 1 is 1.40 bits per heavy atom. The molecular weight excluding hydrogens is 226 g/mol. The Labute approximate surface area is 89.8 Å². The highest BCUT2D eigenvalue weighted by molar-refractivity contribution is 6.30. The lowest BCUT2D eigenvalue weighted by molar-refractivity contribution is -0.132. The van der Waals surface area contributed by atoms with Gasteiger partial charge >= 0.3 is 5.97 Å². The first-order valence-corrected chi connectivity index (χ1v) is 4.35. The normalized spacial score (nSPS) is 11.6. The Bertz CT molecular complexity index is 418. The molecular formula is C10H7ClF2O2. The number of aliphatic carboxylic acids is 1. The van der Waals surface area contributed by atoms with Crippen LogP contribution in [0.25, 0.3) is 6.08 Å². The number of halogens is 3. The summed E-state index contributed by atoms with van der Waals surface area (Å²) in [5.41, 5.74) is -0.561. The number of rotatable bonds is 2. The maximum absolute atomic E-state index is 13.2. The Morgan fingerprint density at radius 2 is 1.87 bits per heavy atom. The zero-order chi connectivity index (χ0) is 11.6. The van der Waals surface area contributed by atoms with E-state index < -0.39 is 23.2 Å². The van der Waals surface area contributed by atoms with E-state index in [1.807, 2.05) is 0 Å². The molecule has 0 aliphatic heterocycles. The van der Waals surface area contributed by atoms with Crippen LogP contribution in [0.1, 0.15) is 12.5 Å². The first-order chi connectivity index (χ1) is 6.91. The van der Waals surface area contributed by atoms with E-state index in [-0.39, 0.29) is 10.6 Å². The average molecular weight is 233 g/mol. The number of benzene rings is 1. The highest BCUT2D eigenvalue weighted by atomic mass is 35.5. The highest BCUT2D eigenvalue weighted by Gasteiger charge is 2.10. The molecule has 0 fully saturated rings. The van der Waals surface area contributed by atoms with Gasteiger partial charge in [0.15, 0.2) is 0 Å². The fourth-order valence-electron chi connectivity index (χ4n) is 0.970. The minimum atomic E-state index is -1.23. The Morgan fingerprint density at radius 3 is 2.27 bits per heavy atom. The number of carbonyl (C=O) groups is 1. The lowest BCUT2D eigenvalue weighted by Crippen LogP contribution is -1.97. The summed E-state index contributed by atoms with van der Waals surface area (Å²) in [6.07, 6.45) is 0.920. The summed E-state index contributed by atoms with van der Waals surface area (Å²) in [5.74, 6) is -3.01. The van der Waals surface area contributed by atoms with Crippen molar-refractivity contribution in [3.05, 3.63) is 39.9 Å². The van der Waals surface area contributed by atoms with Gasteiger partial charge in [-0.25, -0.2) is 13.6 Å². The molecule has 1 aromatic rings. The van der Waals surface area contributed by atoms with Crippen LogP contribution in [-0.4, -0.2) is 11.1 Å². The van der Waals surface area contributed by atoms with Gasteiger partial charge in [-0.2, -0.15) is 0 Å². The van der Waals surface area contributed by atoms with Crippen LogP contribution in [0.2, 0.25) is 5.02 Å². The molecule has 0 amide bonds. The second kappa shape index (κ2) is 4.40. The van der Waals surface area contributed by atoms with E-state index in [1.54, 1.807) is 0 Å². The number of carboxylic acid groups (broad SMARTS) is 1. The second-order valence-electron chi connectivity index (χ2n) is 2.92. The van der Waals surface area contributed by atoms with E-state index in [1.165, 1.54) is 6.92 Å². The molecule has 0 aromatic heterocycles. The van der Waals surface area contributed by atoms with Gasteiger partial charge in [-0.1, -0.05) is 11.6 Å². The first kappa shape index (κ1) is 11.7. The molecule has 0 spiro atoms. The molecule has 0 unspecified atom stereocenters. The molecule has 80 valence electrons. The van der Waals surface area contributed by atoms with Gasteiger partial charge in [-0.15, -0.1) is 0 Å². The summed E-state index contributed by atoms with van der Waals surface area (Å²) in [6.45, 7) is 1.25. The smallest absolute Gasteiger partial charge is 0.331 e. The van der Waals surface area contributed by atoms with Crippen molar-refractivity contribution in [3.8, 4) is 0 Å². The fourth-order valence-corrected chi connectivity index (χ4v) is 1.16. The third-order valence-corrected chi connectivity index (χ3v) is 1.96. The number of carboxylic acids is 1. The molecule has 0 bridgehead atoms. The third-order valence-electron chi connectivity index (χ3n) is 1.74. The van der Waals surface area contributed by atoms with Crippen molar-refractivity contribution >= 4 is 23.6 Å². The quantitative estimate of drug-likeness (QED) is 0.796. The second-order valence-corrected chi connectivity index (χ2v) is 3.35. The molecule has 15 heavy (non-hydrogen) atoms. The van der Waals surface area contributed by atoms with Crippen LogP contribution in [0.15, 0.2) is 17.7 Å². The van der Waals surface area contributed by atoms with Gasteiger partial charge in [0, 0.05) is 16.2 Å². The molecule has 1 rings (SSSR count). The van der Waals surface area contributed by atoms with Crippen molar-refractivity contribution in [2.45, 2.75) is 6.92 Å². The zero-order valence-electron chi connectivity index (χ0n) is 7.72. The monoisotopic (exact) mass is 232 g/mol. The Balaban J connectivity index is 3.27. The summed E-state index contributed by atoms with van der Waals surface area (Å²) >= 11 is 5.40. The number of hydrogen-bond donors (Lipinski definition) is 1. The van der Waals surface area contributed by atoms with E-state index >= 15 is 0 Å². The maximum atomic E-state index is 13.2. The molecule has 5 heteroatoms. The molecule has 0 heterocycles. The van der Waals surface area contributed by atoms with E-state index in [0.29, 0.717) is 0 Å². The summed E-state index contributed by atoms with van der Waals surface area (Å²) in [4.78, 5) is 10.5. The predicted molar refractivity (Wildman–Crippen MR) is 52.7 cm³/mol. The largest absolute Gasteiger partial charge is 0.478 e. The molecule has 2 nitrogen and oxygen atoms in total. The van der Waals surface area contributed by atoms with E-state index in [9.17, 15) is 13.6 Å². The molecule has 0 saturated carbocycles. The van der Waals surface area contributed by atoms with Gasteiger partial charge < -0.3 is 5.11 Å². The average Bonchev–Trinajstić information content (AvgIpc) is 2.10. The van der Waals surface area contributed by atoms with Gasteiger partial charge in [0.1, 0.15) is 11.6 Å². The third kappa shape index (κ3) is 2.76. The minimum absolute atomic E-state index is 0.0740. The summed E-state index contributed by atoms with van der Waals surface area (Å²) in [5, 5.41) is 8.47. The van der Waals surface area contributed by atoms with E-state index in [2.05, 4.69) is 0 Å². The summed E-state index contributed by atoms with van der Waals surface area (Å²) in [6, 6.07) is 1.84. The minimum Gasteiger partial charge on any atom is -0.478 e. The van der Waals surface area contributed by atoms with Gasteiger partial charge in [0.2, 0.25) is 0 Å². The van der Waals surface area contributed by atoms with Crippen molar-refractivity contribution in [2.24, 2.45) is 0 Å². The lowest BCUT2D eigenvalue weighted by atomic mass is 10.1. The van der Waals surface area contributed by atoms with Crippen LogP contribution in [-0.2, 0) is 4.79 Å². The topological polar surface area (TPSA) is 37.3 Å². The molecule has 0 aliphatic carbocycles. The lowest BCUT2D eigenvalue weighted by Gasteiger charge is -2.01. The van der Waals surface area contributed by atoms with Gasteiger partial charge in [-0.05, 0) is 25.1 Å². The molecule has 0 atom stereocenters. The van der Waals surface area contributed by atoms with E-state index in [0.717, 1.165) is 18.2 Å². The Hall–Kier alpha value is -1.42. The summed E-state index contributed by atoms with van der Waals surface area (Å²) in [7, 11) is 0. The zero-order valence-corrected chi connectivity index (χ0v) is 8.48. The highest BCUT2D eigenvalue weighted by Crippen LogP contribution is 2.21. The van der Waals surface area contributed by atoms with E-state index in [4.69, 9.17) is 16.7 Å². The predicted octanol–water partition coefficient (Wildman–Crippen LogP) is 3.11. The van der Waals surface area contributed by atoms with Crippen LogP contribution in [0.3, 0.4) is 0 Å². The van der Waals surface area contributed by atoms with Crippen LogP contribution in [0.5, 0.6) is 0 Å². The van der Waals surface area contributed by atoms with Crippen molar-refractivity contribution in [1.29, 1.82) is 0 Å². The van der Waals surface area contributed by atoms with Crippen molar-refractivity contribution in [1.82, 2.24) is 0 Å². The molecule has 0 radical (unpaired) electrons. The standard InChI is InChI=1S/C10H7ClF2O2/c1-5(10(14)15)2-7-8(12)3-6(11)4-9(7)13/h2-4H,1H3,(H,14,15)/b5-2+. The maximum Gasteiger partial charge on any atom is 0.331 e. The van der Waals surface area contributed by atoms with Crippen LogP contribution in [0.4, 0.5) is 8.78 Å².